The Hall–Kier alpha value is -1.37. The van der Waals surface area contributed by atoms with Gasteiger partial charge in [0.05, 0.1) is 22.3 Å². The van der Waals surface area contributed by atoms with Crippen LogP contribution in [0.3, 0.4) is 0 Å². The second kappa shape index (κ2) is 7.25. The van der Waals surface area contributed by atoms with Crippen LogP contribution in [0, 0.1) is 13.8 Å². The van der Waals surface area contributed by atoms with E-state index in [0.29, 0.717) is 5.02 Å². The van der Waals surface area contributed by atoms with Gasteiger partial charge in [0.25, 0.3) is 5.91 Å². The van der Waals surface area contributed by atoms with Crippen molar-refractivity contribution in [2.75, 3.05) is 5.75 Å². The van der Waals surface area contributed by atoms with Crippen molar-refractivity contribution in [1.29, 1.82) is 0 Å². The molecule has 0 unspecified atom stereocenters. The Morgan fingerprint density at radius 1 is 1.29 bits per heavy atom. The molecule has 4 nitrogen and oxygen atoms in total. The van der Waals surface area contributed by atoms with Gasteiger partial charge in [-0.15, -0.1) is 11.3 Å². The molecule has 1 amide bonds. The molecule has 0 radical (unpaired) electrons. The first kappa shape index (κ1) is 19.0. The Morgan fingerprint density at radius 2 is 1.96 bits per heavy atom. The number of benzene rings is 1. The van der Waals surface area contributed by atoms with E-state index in [9.17, 15) is 13.2 Å². The molecular weight excluding hydrogens is 366 g/mol. The fourth-order valence-corrected chi connectivity index (χ4v) is 4.81. The van der Waals surface area contributed by atoms with Gasteiger partial charge in [-0.1, -0.05) is 18.5 Å². The third-order valence-corrected chi connectivity index (χ3v) is 6.80. The molecule has 0 fully saturated rings. The monoisotopic (exact) mass is 385 g/mol. The van der Waals surface area contributed by atoms with Crippen molar-refractivity contribution in [3.05, 3.63) is 50.2 Å². The minimum Gasteiger partial charge on any atom is -0.345 e. The highest BCUT2D eigenvalue weighted by atomic mass is 35.5. The lowest BCUT2D eigenvalue weighted by molar-refractivity contribution is 0.0936. The van der Waals surface area contributed by atoms with Crippen molar-refractivity contribution in [3.8, 4) is 0 Å². The summed E-state index contributed by atoms with van der Waals surface area (Å²) in [6, 6.07) is 6.08. The Morgan fingerprint density at radius 3 is 2.50 bits per heavy atom. The maximum atomic E-state index is 12.7. The number of hydrogen-bond donors (Lipinski definition) is 1. The van der Waals surface area contributed by atoms with Crippen LogP contribution in [0.5, 0.6) is 0 Å². The summed E-state index contributed by atoms with van der Waals surface area (Å²) >= 11 is 7.63. The Balaban J connectivity index is 2.36. The van der Waals surface area contributed by atoms with Gasteiger partial charge in [0.2, 0.25) is 0 Å². The lowest BCUT2D eigenvalue weighted by Crippen LogP contribution is -2.28. The topological polar surface area (TPSA) is 63.2 Å². The van der Waals surface area contributed by atoms with E-state index in [1.807, 2.05) is 26.8 Å². The Labute approximate surface area is 151 Å². The molecule has 24 heavy (non-hydrogen) atoms. The van der Waals surface area contributed by atoms with E-state index in [-0.39, 0.29) is 22.3 Å². The smallest absolute Gasteiger partial charge is 0.253 e. The van der Waals surface area contributed by atoms with Gasteiger partial charge in [0.15, 0.2) is 9.84 Å². The highest BCUT2D eigenvalue weighted by Crippen LogP contribution is 2.27. The number of carbonyl (C=O) groups is 1. The van der Waals surface area contributed by atoms with Gasteiger partial charge in [-0.3, -0.25) is 4.79 Å². The van der Waals surface area contributed by atoms with Crippen molar-refractivity contribution in [2.24, 2.45) is 0 Å². The predicted molar refractivity (Wildman–Crippen MR) is 98.9 cm³/mol. The number of amides is 1. The molecule has 0 aliphatic carbocycles. The highest BCUT2D eigenvalue weighted by Gasteiger charge is 2.23. The number of nitrogens with one attached hydrogen (secondary N) is 1. The molecule has 7 heteroatoms. The summed E-state index contributed by atoms with van der Waals surface area (Å²) in [6.07, 6.45) is 0. The summed E-state index contributed by atoms with van der Waals surface area (Å²) in [5, 5.41) is 3.20. The zero-order valence-corrected chi connectivity index (χ0v) is 16.4. The standard InChI is InChI=1S/C17H20ClNO3S2/c1-5-24(21,22)16-7-6-13(18)9-15(16)17(20)19-11(3)14-8-10(2)23-12(14)4/h6-9,11H,5H2,1-4H3,(H,19,20)/t11-/m0/s1. The van der Waals surface area contributed by atoms with Gasteiger partial charge in [-0.25, -0.2) is 8.42 Å². The van der Waals surface area contributed by atoms with Crippen molar-refractivity contribution in [3.63, 3.8) is 0 Å². The number of sulfone groups is 1. The molecular formula is C17H20ClNO3S2. The summed E-state index contributed by atoms with van der Waals surface area (Å²) < 4.78 is 24.5. The first-order valence-electron chi connectivity index (χ1n) is 7.55. The lowest BCUT2D eigenvalue weighted by Gasteiger charge is -2.16. The normalized spacial score (nSPS) is 12.9. The first-order chi connectivity index (χ1) is 11.2. The van der Waals surface area contributed by atoms with E-state index < -0.39 is 15.7 Å². The average molecular weight is 386 g/mol. The minimum atomic E-state index is -3.51. The van der Waals surface area contributed by atoms with Crippen LogP contribution < -0.4 is 5.32 Å². The zero-order chi connectivity index (χ0) is 18.1. The van der Waals surface area contributed by atoms with Crippen LogP contribution in [-0.2, 0) is 9.84 Å². The van der Waals surface area contributed by atoms with Gasteiger partial charge < -0.3 is 5.32 Å². The predicted octanol–water partition coefficient (Wildman–Crippen LogP) is 4.30. The summed E-state index contributed by atoms with van der Waals surface area (Å²) in [4.78, 5) is 15.0. The van der Waals surface area contributed by atoms with Crippen LogP contribution in [-0.4, -0.2) is 20.1 Å². The molecule has 0 bridgehead atoms. The van der Waals surface area contributed by atoms with E-state index in [1.165, 1.54) is 23.1 Å². The molecule has 1 aromatic carbocycles. The second-order valence-corrected chi connectivity index (χ2v) is 9.75. The molecule has 1 atom stereocenters. The van der Waals surface area contributed by atoms with Crippen LogP contribution in [0.2, 0.25) is 5.02 Å². The molecule has 0 spiro atoms. The number of halogens is 1. The zero-order valence-electron chi connectivity index (χ0n) is 14.0. The van der Waals surface area contributed by atoms with Crippen LogP contribution in [0.4, 0.5) is 0 Å². The Bertz CT molecular complexity index is 872. The number of aryl methyl sites for hydroxylation is 2. The first-order valence-corrected chi connectivity index (χ1v) is 10.4. The van der Waals surface area contributed by atoms with E-state index in [2.05, 4.69) is 5.32 Å². The number of thiophene rings is 1. The molecule has 1 N–H and O–H groups in total. The molecule has 0 aliphatic rings. The summed E-state index contributed by atoms with van der Waals surface area (Å²) in [6.45, 7) is 7.44. The number of hydrogen-bond acceptors (Lipinski definition) is 4. The van der Waals surface area contributed by atoms with E-state index in [1.54, 1.807) is 18.3 Å². The third-order valence-electron chi connectivity index (χ3n) is 3.79. The van der Waals surface area contributed by atoms with E-state index in [0.717, 1.165) is 10.4 Å². The fraction of sp³-hybridized carbons (Fsp3) is 0.353. The van der Waals surface area contributed by atoms with Gasteiger partial charge in [-0.05, 0) is 50.6 Å². The molecule has 0 saturated carbocycles. The third kappa shape index (κ3) is 3.99. The molecule has 2 rings (SSSR count). The van der Waals surface area contributed by atoms with Gasteiger partial charge in [-0.2, -0.15) is 0 Å². The van der Waals surface area contributed by atoms with Crippen molar-refractivity contribution >= 4 is 38.7 Å². The summed E-state index contributed by atoms with van der Waals surface area (Å²) in [7, 11) is -3.51. The van der Waals surface area contributed by atoms with Crippen LogP contribution in [0.25, 0.3) is 0 Å². The Kier molecular flexibility index (Phi) is 5.73. The molecule has 1 heterocycles. The summed E-state index contributed by atoms with van der Waals surface area (Å²) in [5.74, 6) is -0.520. The van der Waals surface area contributed by atoms with Crippen LogP contribution in [0.15, 0.2) is 29.2 Å². The van der Waals surface area contributed by atoms with Crippen molar-refractivity contribution < 1.29 is 13.2 Å². The molecule has 130 valence electrons. The number of rotatable bonds is 5. The maximum absolute atomic E-state index is 12.7. The van der Waals surface area contributed by atoms with Gasteiger partial charge in [0.1, 0.15) is 0 Å². The summed E-state index contributed by atoms with van der Waals surface area (Å²) in [5.41, 5.74) is 1.12. The lowest BCUT2D eigenvalue weighted by atomic mass is 10.1. The largest absolute Gasteiger partial charge is 0.345 e. The quantitative estimate of drug-likeness (QED) is 0.834. The molecule has 0 aliphatic heterocycles. The second-order valence-electron chi connectivity index (χ2n) is 5.61. The van der Waals surface area contributed by atoms with Crippen LogP contribution >= 0.6 is 22.9 Å². The van der Waals surface area contributed by atoms with E-state index >= 15 is 0 Å². The molecule has 1 aromatic heterocycles. The van der Waals surface area contributed by atoms with Crippen molar-refractivity contribution in [2.45, 2.75) is 38.6 Å². The van der Waals surface area contributed by atoms with Crippen molar-refractivity contribution in [1.82, 2.24) is 5.32 Å². The van der Waals surface area contributed by atoms with Gasteiger partial charge in [0, 0.05) is 14.8 Å². The molecule has 0 saturated heterocycles. The fourth-order valence-electron chi connectivity index (χ4n) is 2.54. The SMILES string of the molecule is CCS(=O)(=O)c1ccc(Cl)cc1C(=O)N[C@@H](C)c1cc(C)sc1C. The number of carbonyl (C=O) groups excluding carboxylic acids is 1. The average Bonchev–Trinajstić information content (AvgIpc) is 2.85. The molecule has 2 aromatic rings. The van der Waals surface area contributed by atoms with Crippen LogP contribution in [0.1, 0.15) is 45.6 Å². The minimum absolute atomic E-state index is 0.0114. The van der Waals surface area contributed by atoms with E-state index in [4.69, 9.17) is 11.6 Å². The van der Waals surface area contributed by atoms with Gasteiger partial charge >= 0.3 is 0 Å². The highest BCUT2D eigenvalue weighted by molar-refractivity contribution is 7.91. The maximum Gasteiger partial charge on any atom is 0.253 e.